The van der Waals surface area contributed by atoms with Crippen LogP contribution in [0.2, 0.25) is 0 Å². The highest BCUT2D eigenvalue weighted by Gasteiger charge is 2.23. The number of nitrogens with one attached hydrogen (secondary N) is 1. The van der Waals surface area contributed by atoms with Crippen molar-refractivity contribution in [2.75, 3.05) is 11.4 Å². The number of anilines is 1. The van der Waals surface area contributed by atoms with Gasteiger partial charge in [-0.3, -0.25) is 4.79 Å². The number of amides is 1. The quantitative estimate of drug-likeness (QED) is 0.877. The van der Waals surface area contributed by atoms with Gasteiger partial charge in [0, 0.05) is 25.7 Å². The van der Waals surface area contributed by atoms with Crippen LogP contribution in [0.25, 0.3) is 0 Å². The standard InChI is InChI=1S/C20H24N2O3S/c1-3-16-7-4-5-8-18(16)14-21-26(24,25)19-11-10-17-9-6-12-22(15(2)23)20(17)13-19/h4-5,7-8,10-11,13,21H,3,6,9,12,14H2,1-2H3. The normalized spacial score (nSPS) is 14.2. The molecule has 0 bridgehead atoms. The summed E-state index contributed by atoms with van der Waals surface area (Å²) < 4.78 is 28.2. The number of sulfonamides is 1. The largest absolute Gasteiger partial charge is 0.312 e. The van der Waals surface area contributed by atoms with Crippen LogP contribution in [0.1, 0.15) is 37.0 Å². The monoisotopic (exact) mass is 372 g/mol. The van der Waals surface area contributed by atoms with E-state index in [1.807, 2.05) is 37.3 Å². The van der Waals surface area contributed by atoms with Crippen LogP contribution in [0.4, 0.5) is 5.69 Å². The van der Waals surface area contributed by atoms with Gasteiger partial charge >= 0.3 is 0 Å². The van der Waals surface area contributed by atoms with Crippen LogP contribution in [-0.2, 0) is 34.2 Å². The van der Waals surface area contributed by atoms with Gasteiger partial charge in [-0.05, 0) is 48.1 Å². The summed E-state index contributed by atoms with van der Waals surface area (Å²) in [6, 6.07) is 12.9. The summed E-state index contributed by atoms with van der Waals surface area (Å²) in [7, 11) is -3.65. The van der Waals surface area contributed by atoms with E-state index >= 15 is 0 Å². The topological polar surface area (TPSA) is 66.5 Å². The lowest BCUT2D eigenvalue weighted by atomic mass is 10.0. The molecule has 1 aliphatic heterocycles. The predicted molar refractivity (Wildman–Crippen MR) is 103 cm³/mol. The molecule has 0 saturated heterocycles. The lowest BCUT2D eigenvalue weighted by molar-refractivity contribution is -0.116. The number of carbonyl (C=O) groups excluding carboxylic acids is 1. The van der Waals surface area contributed by atoms with Gasteiger partial charge in [-0.15, -0.1) is 0 Å². The highest BCUT2D eigenvalue weighted by Crippen LogP contribution is 2.30. The first-order valence-electron chi connectivity index (χ1n) is 8.90. The molecule has 0 radical (unpaired) electrons. The van der Waals surface area contributed by atoms with Crippen molar-refractivity contribution < 1.29 is 13.2 Å². The highest BCUT2D eigenvalue weighted by molar-refractivity contribution is 7.89. The summed E-state index contributed by atoms with van der Waals surface area (Å²) in [5, 5.41) is 0. The molecule has 2 aromatic carbocycles. The van der Waals surface area contributed by atoms with Crippen molar-refractivity contribution in [3.05, 3.63) is 59.2 Å². The van der Waals surface area contributed by atoms with Gasteiger partial charge < -0.3 is 4.90 Å². The van der Waals surface area contributed by atoms with Crippen molar-refractivity contribution in [1.29, 1.82) is 0 Å². The van der Waals surface area contributed by atoms with Crippen LogP contribution in [0, 0.1) is 0 Å². The van der Waals surface area contributed by atoms with Gasteiger partial charge in [0.2, 0.25) is 15.9 Å². The van der Waals surface area contributed by atoms with Crippen molar-refractivity contribution in [1.82, 2.24) is 4.72 Å². The smallest absolute Gasteiger partial charge is 0.240 e. The number of benzene rings is 2. The third-order valence-electron chi connectivity index (χ3n) is 4.82. The summed E-state index contributed by atoms with van der Waals surface area (Å²) in [6.07, 6.45) is 2.60. The van der Waals surface area contributed by atoms with E-state index in [2.05, 4.69) is 4.72 Å². The first kappa shape index (κ1) is 18.6. The van der Waals surface area contributed by atoms with E-state index in [-0.39, 0.29) is 17.3 Å². The second kappa shape index (κ2) is 7.60. The third kappa shape index (κ3) is 3.81. The Morgan fingerprint density at radius 1 is 1.15 bits per heavy atom. The SMILES string of the molecule is CCc1ccccc1CNS(=O)(=O)c1ccc2c(c1)N(C(C)=O)CCC2. The molecule has 138 valence electrons. The maximum Gasteiger partial charge on any atom is 0.240 e. The predicted octanol–water partition coefficient (Wildman–Crippen LogP) is 3.03. The van der Waals surface area contributed by atoms with E-state index in [9.17, 15) is 13.2 Å². The minimum absolute atomic E-state index is 0.0645. The Morgan fingerprint density at radius 3 is 2.58 bits per heavy atom. The number of nitrogens with zero attached hydrogens (tertiary/aromatic N) is 1. The zero-order valence-electron chi connectivity index (χ0n) is 15.2. The molecule has 0 spiro atoms. The van der Waals surface area contributed by atoms with Crippen molar-refractivity contribution >= 4 is 21.6 Å². The average Bonchev–Trinajstić information content (AvgIpc) is 2.65. The second-order valence-corrected chi connectivity index (χ2v) is 8.28. The molecule has 3 rings (SSSR count). The van der Waals surface area contributed by atoms with E-state index in [1.165, 1.54) is 6.92 Å². The zero-order valence-corrected chi connectivity index (χ0v) is 16.0. The average molecular weight is 372 g/mol. The van der Waals surface area contributed by atoms with E-state index < -0.39 is 10.0 Å². The lowest BCUT2D eigenvalue weighted by Crippen LogP contribution is -2.34. The van der Waals surface area contributed by atoms with Crippen molar-refractivity contribution in [3.63, 3.8) is 0 Å². The minimum Gasteiger partial charge on any atom is -0.312 e. The Bertz CT molecular complexity index is 922. The summed E-state index contributed by atoms with van der Waals surface area (Å²) in [5.41, 5.74) is 3.83. The van der Waals surface area contributed by atoms with Crippen LogP contribution in [0.3, 0.4) is 0 Å². The lowest BCUT2D eigenvalue weighted by Gasteiger charge is -2.29. The Morgan fingerprint density at radius 2 is 1.88 bits per heavy atom. The first-order valence-corrected chi connectivity index (χ1v) is 10.4. The Labute approximate surface area is 155 Å². The molecule has 6 heteroatoms. The van der Waals surface area contributed by atoms with Crippen LogP contribution in [0.15, 0.2) is 47.4 Å². The molecular formula is C20H24N2O3S. The molecule has 0 atom stereocenters. The molecule has 0 saturated carbocycles. The Kier molecular flexibility index (Phi) is 5.44. The molecule has 1 N–H and O–H groups in total. The molecule has 0 aliphatic carbocycles. The zero-order chi connectivity index (χ0) is 18.7. The second-order valence-electron chi connectivity index (χ2n) is 6.51. The number of carbonyl (C=O) groups is 1. The summed E-state index contributed by atoms with van der Waals surface area (Å²) in [6.45, 7) is 4.44. The molecule has 0 aromatic heterocycles. The maximum absolute atomic E-state index is 12.8. The molecule has 2 aromatic rings. The molecule has 0 fully saturated rings. The fourth-order valence-corrected chi connectivity index (χ4v) is 4.41. The van der Waals surface area contributed by atoms with Crippen molar-refractivity contribution in [2.24, 2.45) is 0 Å². The van der Waals surface area contributed by atoms with Gasteiger partial charge in [-0.25, -0.2) is 13.1 Å². The van der Waals surface area contributed by atoms with Crippen LogP contribution < -0.4 is 9.62 Å². The number of fused-ring (bicyclic) bond motifs is 1. The van der Waals surface area contributed by atoms with Gasteiger partial charge in [-0.2, -0.15) is 0 Å². The first-order chi connectivity index (χ1) is 12.4. The van der Waals surface area contributed by atoms with Gasteiger partial charge in [0.1, 0.15) is 0 Å². The Hall–Kier alpha value is -2.18. The van der Waals surface area contributed by atoms with E-state index in [1.54, 1.807) is 17.0 Å². The summed E-state index contributed by atoms with van der Waals surface area (Å²) in [4.78, 5) is 13.7. The molecular weight excluding hydrogens is 348 g/mol. The number of hydrogen-bond acceptors (Lipinski definition) is 3. The molecule has 1 amide bonds. The Balaban J connectivity index is 1.86. The van der Waals surface area contributed by atoms with E-state index in [4.69, 9.17) is 0 Å². The van der Waals surface area contributed by atoms with Crippen LogP contribution in [-0.4, -0.2) is 20.9 Å². The van der Waals surface area contributed by atoms with Gasteiger partial charge in [0.05, 0.1) is 4.90 Å². The number of rotatable bonds is 5. The van der Waals surface area contributed by atoms with Gasteiger partial charge in [0.15, 0.2) is 0 Å². The highest BCUT2D eigenvalue weighted by atomic mass is 32.2. The van der Waals surface area contributed by atoms with Crippen molar-refractivity contribution in [2.45, 2.75) is 44.6 Å². The molecule has 26 heavy (non-hydrogen) atoms. The molecule has 1 aliphatic rings. The van der Waals surface area contributed by atoms with Crippen LogP contribution in [0.5, 0.6) is 0 Å². The maximum atomic E-state index is 12.8. The number of aryl methyl sites for hydroxylation is 2. The fourth-order valence-electron chi connectivity index (χ4n) is 3.38. The van der Waals surface area contributed by atoms with E-state index in [0.717, 1.165) is 36.0 Å². The number of hydrogen-bond donors (Lipinski definition) is 1. The summed E-state index contributed by atoms with van der Waals surface area (Å²) in [5.74, 6) is -0.0645. The minimum atomic E-state index is -3.65. The van der Waals surface area contributed by atoms with Crippen molar-refractivity contribution in [3.8, 4) is 0 Å². The van der Waals surface area contributed by atoms with E-state index in [0.29, 0.717) is 12.2 Å². The fraction of sp³-hybridized carbons (Fsp3) is 0.350. The molecule has 5 nitrogen and oxygen atoms in total. The van der Waals surface area contributed by atoms with Gasteiger partial charge in [0.25, 0.3) is 0 Å². The molecule has 0 unspecified atom stereocenters. The van der Waals surface area contributed by atoms with Crippen LogP contribution >= 0.6 is 0 Å². The summed E-state index contributed by atoms with van der Waals surface area (Å²) >= 11 is 0. The molecule has 1 heterocycles. The van der Waals surface area contributed by atoms with Gasteiger partial charge in [-0.1, -0.05) is 37.3 Å². The third-order valence-corrected chi connectivity index (χ3v) is 6.22.